The maximum atomic E-state index is 12.0. The molecule has 186 valence electrons. The Bertz CT molecular complexity index is 702. The van der Waals surface area contributed by atoms with Crippen molar-refractivity contribution in [1.82, 2.24) is 16.0 Å². The number of thioether (sulfide) groups is 1. The molecule has 2 aliphatic rings. The zero-order valence-corrected chi connectivity index (χ0v) is 20.3. The van der Waals surface area contributed by atoms with Crippen molar-refractivity contribution in [3.8, 4) is 0 Å². The number of ketones is 1. The fraction of sp³-hybridized carbons (Fsp3) is 0.783. The molecule has 2 fully saturated rings. The topological polar surface area (TPSA) is 131 Å². The van der Waals surface area contributed by atoms with Crippen LogP contribution in [0.3, 0.4) is 0 Å². The summed E-state index contributed by atoms with van der Waals surface area (Å²) in [6.07, 6.45) is 9.12. The summed E-state index contributed by atoms with van der Waals surface area (Å²) < 4.78 is 4.47. The van der Waals surface area contributed by atoms with E-state index in [1.807, 2.05) is 11.8 Å². The molecule has 0 aromatic heterocycles. The number of hydrogen-bond donors (Lipinski definition) is 3. The summed E-state index contributed by atoms with van der Waals surface area (Å²) in [5.41, 5.74) is 0. The minimum atomic E-state index is -0.573. The van der Waals surface area contributed by atoms with Crippen LogP contribution in [0, 0.1) is 0 Å². The van der Waals surface area contributed by atoms with Crippen molar-refractivity contribution in [2.75, 3.05) is 12.3 Å². The van der Waals surface area contributed by atoms with Crippen LogP contribution in [0.25, 0.3) is 0 Å². The van der Waals surface area contributed by atoms with Crippen LogP contribution in [0.5, 0.6) is 0 Å². The molecule has 9 nitrogen and oxygen atoms in total. The van der Waals surface area contributed by atoms with Gasteiger partial charge in [-0.25, -0.2) is 4.79 Å². The van der Waals surface area contributed by atoms with Crippen molar-refractivity contribution in [3.05, 3.63) is 0 Å². The number of carbonyl (C=O) groups is 5. The first-order valence-corrected chi connectivity index (χ1v) is 13.1. The molecule has 33 heavy (non-hydrogen) atoms. The van der Waals surface area contributed by atoms with Gasteiger partial charge in [-0.1, -0.05) is 32.1 Å². The summed E-state index contributed by atoms with van der Waals surface area (Å²) in [4.78, 5) is 57.2. The molecule has 2 rings (SSSR count). The van der Waals surface area contributed by atoms with E-state index < -0.39 is 11.9 Å². The Kier molecular flexibility index (Phi) is 12.3. The predicted molar refractivity (Wildman–Crippen MR) is 126 cm³/mol. The van der Waals surface area contributed by atoms with Gasteiger partial charge in [-0.3, -0.25) is 19.2 Å². The van der Waals surface area contributed by atoms with Crippen molar-refractivity contribution < 1.29 is 28.7 Å². The van der Waals surface area contributed by atoms with Crippen LogP contribution in [-0.4, -0.2) is 59.3 Å². The number of amides is 3. The third-order valence-electron chi connectivity index (χ3n) is 5.91. The minimum Gasteiger partial charge on any atom is -0.393 e. The lowest BCUT2D eigenvalue weighted by atomic mass is 10.0. The van der Waals surface area contributed by atoms with Gasteiger partial charge in [-0.05, 0) is 25.7 Å². The third kappa shape index (κ3) is 11.0. The smallest absolute Gasteiger partial charge is 0.315 e. The van der Waals surface area contributed by atoms with Crippen LogP contribution in [-0.2, 0) is 23.9 Å². The summed E-state index contributed by atoms with van der Waals surface area (Å²) in [6.45, 7) is 1.31. The molecule has 0 bridgehead atoms. The van der Waals surface area contributed by atoms with Crippen LogP contribution in [0.4, 0.5) is 4.79 Å². The van der Waals surface area contributed by atoms with Crippen LogP contribution in [0.15, 0.2) is 0 Å². The minimum absolute atomic E-state index is 0.0493. The zero-order valence-electron chi connectivity index (χ0n) is 19.5. The molecule has 3 atom stereocenters. The lowest BCUT2D eigenvalue weighted by Crippen LogP contribution is -2.36. The number of rotatable bonds is 16. The van der Waals surface area contributed by atoms with Crippen molar-refractivity contribution in [3.63, 3.8) is 0 Å². The maximum Gasteiger partial charge on any atom is 0.315 e. The normalized spacial score (nSPS) is 21.1. The number of esters is 2. The highest BCUT2D eigenvalue weighted by Crippen LogP contribution is 2.33. The van der Waals surface area contributed by atoms with E-state index in [1.54, 1.807) is 0 Å². The molecule has 0 saturated carbocycles. The highest BCUT2D eigenvalue weighted by Gasteiger charge is 2.42. The van der Waals surface area contributed by atoms with Crippen LogP contribution in [0.1, 0.15) is 84.0 Å². The van der Waals surface area contributed by atoms with Gasteiger partial charge in [0, 0.05) is 37.2 Å². The van der Waals surface area contributed by atoms with Gasteiger partial charge >= 0.3 is 18.0 Å². The zero-order chi connectivity index (χ0) is 24.1. The van der Waals surface area contributed by atoms with Gasteiger partial charge in [0.15, 0.2) is 5.78 Å². The maximum absolute atomic E-state index is 12.0. The fourth-order valence-corrected chi connectivity index (χ4v) is 5.70. The van der Waals surface area contributed by atoms with Crippen LogP contribution >= 0.6 is 11.8 Å². The number of carbonyl (C=O) groups excluding carboxylic acids is 5. The molecule has 2 heterocycles. The first kappa shape index (κ1) is 27.1. The summed E-state index contributed by atoms with van der Waals surface area (Å²) >= 11 is 1.87. The fourth-order valence-electron chi connectivity index (χ4n) is 4.16. The number of hydrogen-bond acceptors (Lipinski definition) is 7. The molecule has 0 spiro atoms. The standard InChI is InChI=1S/C23H37N3O6S/c1-16(27)32-21(30)13-7-5-3-2-4-6-10-17(28)14-24-20(29)12-9-8-11-19-22-18(15-33-19)25-23(31)26-22/h18-19,22H,2-15H2,1H3,(H,24,29)(H2,25,26,31). The number of unbranched alkanes of at least 4 members (excludes halogenated alkanes) is 6. The molecule has 2 aliphatic heterocycles. The molecule has 0 aromatic rings. The lowest BCUT2D eigenvalue weighted by molar-refractivity contribution is -0.158. The molecule has 10 heteroatoms. The van der Waals surface area contributed by atoms with Gasteiger partial charge in [0.1, 0.15) is 0 Å². The largest absolute Gasteiger partial charge is 0.393 e. The third-order valence-corrected chi connectivity index (χ3v) is 7.42. The first-order valence-electron chi connectivity index (χ1n) is 12.0. The highest BCUT2D eigenvalue weighted by atomic mass is 32.2. The van der Waals surface area contributed by atoms with E-state index in [0.717, 1.165) is 57.1 Å². The Hall–Kier alpha value is -2.10. The number of Topliss-reactive ketones (excluding diaryl/α,β-unsaturated/α-hetero) is 1. The number of urea groups is 1. The molecular weight excluding hydrogens is 446 g/mol. The van der Waals surface area contributed by atoms with E-state index in [4.69, 9.17) is 0 Å². The van der Waals surface area contributed by atoms with E-state index in [9.17, 15) is 24.0 Å². The molecule has 2 saturated heterocycles. The first-order chi connectivity index (χ1) is 15.8. The lowest BCUT2D eigenvalue weighted by Gasteiger charge is -2.16. The van der Waals surface area contributed by atoms with Crippen molar-refractivity contribution in [2.24, 2.45) is 0 Å². The quantitative estimate of drug-likeness (QED) is 0.133. The summed E-state index contributed by atoms with van der Waals surface area (Å²) in [5.74, 6) is -0.142. The van der Waals surface area contributed by atoms with E-state index in [2.05, 4.69) is 20.7 Å². The Morgan fingerprint density at radius 3 is 2.33 bits per heavy atom. The van der Waals surface area contributed by atoms with Crippen LogP contribution < -0.4 is 16.0 Å². The SMILES string of the molecule is CC(=O)OC(=O)CCCCCCCCC(=O)CNC(=O)CCCCC1SCC2NC(=O)NC21. The Morgan fingerprint density at radius 1 is 0.939 bits per heavy atom. The van der Waals surface area contributed by atoms with Crippen LogP contribution in [0.2, 0.25) is 0 Å². The predicted octanol–water partition coefficient (Wildman–Crippen LogP) is 2.61. The average molecular weight is 484 g/mol. The summed E-state index contributed by atoms with van der Waals surface area (Å²) in [7, 11) is 0. The summed E-state index contributed by atoms with van der Waals surface area (Å²) in [6, 6.07) is 0.349. The second-order valence-electron chi connectivity index (χ2n) is 8.77. The molecule has 0 radical (unpaired) electrons. The van der Waals surface area contributed by atoms with Crippen molar-refractivity contribution in [1.29, 1.82) is 0 Å². The summed E-state index contributed by atoms with van der Waals surface area (Å²) in [5, 5.41) is 9.03. The van der Waals surface area contributed by atoms with Crippen molar-refractivity contribution >= 4 is 41.4 Å². The van der Waals surface area contributed by atoms with Gasteiger partial charge < -0.3 is 20.7 Å². The van der Waals surface area contributed by atoms with Gasteiger partial charge in [0.25, 0.3) is 0 Å². The Balaban J connectivity index is 1.38. The second-order valence-corrected chi connectivity index (χ2v) is 10.0. The van der Waals surface area contributed by atoms with Gasteiger partial charge in [0.05, 0.1) is 18.6 Å². The number of fused-ring (bicyclic) bond motifs is 1. The van der Waals surface area contributed by atoms with Gasteiger partial charge in [-0.2, -0.15) is 11.8 Å². The van der Waals surface area contributed by atoms with E-state index >= 15 is 0 Å². The van der Waals surface area contributed by atoms with Gasteiger partial charge in [0.2, 0.25) is 5.91 Å². The Labute approximate surface area is 199 Å². The average Bonchev–Trinajstić information content (AvgIpc) is 3.30. The van der Waals surface area contributed by atoms with E-state index in [1.165, 1.54) is 6.92 Å². The highest BCUT2D eigenvalue weighted by molar-refractivity contribution is 8.00. The monoisotopic (exact) mass is 483 g/mol. The number of ether oxygens (including phenoxy) is 1. The molecule has 0 aromatic carbocycles. The molecule has 0 aliphatic carbocycles. The molecule has 3 amide bonds. The molecule has 3 unspecified atom stereocenters. The second kappa shape index (κ2) is 14.9. The Morgan fingerprint density at radius 2 is 1.61 bits per heavy atom. The van der Waals surface area contributed by atoms with Gasteiger partial charge in [-0.15, -0.1) is 0 Å². The molecular formula is C23H37N3O6S. The van der Waals surface area contributed by atoms with E-state index in [0.29, 0.717) is 24.5 Å². The van der Waals surface area contributed by atoms with Crippen molar-refractivity contribution in [2.45, 2.75) is 101 Å². The number of nitrogens with one attached hydrogen (secondary N) is 3. The molecule has 3 N–H and O–H groups in total. The van der Waals surface area contributed by atoms with E-state index in [-0.39, 0.29) is 42.8 Å².